The Labute approximate surface area is 168 Å². The molecule has 3 aromatic rings. The van der Waals surface area contributed by atoms with Crippen molar-refractivity contribution in [2.24, 2.45) is 5.92 Å². The average molecular weight is 400 g/mol. The highest BCUT2D eigenvalue weighted by Gasteiger charge is 2.28. The minimum absolute atomic E-state index is 0.0550. The summed E-state index contributed by atoms with van der Waals surface area (Å²) in [5.41, 5.74) is 1.75. The fourth-order valence-electron chi connectivity index (χ4n) is 3.56. The number of aromatic nitrogens is 3. The Balaban J connectivity index is 1.42. The predicted octanol–water partition coefficient (Wildman–Crippen LogP) is 2.92. The molecule has 28 heavy (non-hydrogen) atoms. The van der Waals surface area contributed by atoms with E-state index in [-0.39, 0.29) is 11.8 Å². The molecule has 8 heteroatoms. The highest BCUT2D eigenvalue weighted by Crippen LogP contribution is 2.24. The van der Waals surface area contributed by atoms with Crippen LogP contribution in [-0.2, 0) is 11.3 Å². The Kier molecular flexibility index (Phi) is 5.34. The van der Waals surface area contributed by atoms with Gasteiger partial charge in [0.25, 0.3) is 0 Å². The summed E-state index contributed by atoms with van der Waals surface area (Å²) in [6, 6.07) is 11.3. The second-order valence-corrected chi connectivity index (χ2v) is 7.37. The van der Waals surface area contributed by atoms with Crippen molar-refractivity contribution in [3.05, 3.63) is 53.2 Å². The van der Waals surface area contributed by atoms with Gasteiger partial charge in [-0.2, -0.15) is 0 Å². The van der Waals surface area contributed by atoms with Crippen LogP contribution in [0.1, 0.15) is 18.4 Å². The minimum Gasteiger partial charge on any atom is -0.497 e. The second kappa shape index (κ2) is 8.06. The SMILES string of the molecule is COc1cccc(CNC(=O)[C@H]2CCCN(c3nnc4ccc(Cl)cn34)C2)c1. The molecule has 0 spiro atoms. The van der Waals surface area contributed by atoms with Crippen molar-refractivity contribution >= 4 is 29.1 Å². The normalized spacial score (nSPS) is 16.9. The van der Waals surface area contributed by atoms with Crippen molar-refractivity contribution in [2.75, 3.05) is 25.1 Å². The number of ether oxygens (including phenoxy) is 1. The lowest BCUT2D eigenvalue weighted by molar-refractivity contribution is -0.125. The lowest BCUT2D eigenvalue weighted by Crippen LogP contribution is -2.43. The third-order valence-corrected chi connectivity index (χ3v) is 5.25. The molecule has 1 aliphatic heterocycles. The lowest BCUT2D eigenvalue weighted by Gasteiger charge is -2.32. The van der Waals surface area contributed by atoms with Crippen LogP contribution < -0.4 is 15.0 Å². The highest BCUT2D eigenvalue weighted by atomic mass is 35.5. The van der Waals surface area contributed by atoms with E-state index in [4.69, 9.17) is 16.3 Å². The van der Waals surface area contributed by atoms with E-state index in [1.165, 1.54) is 0 Å². The fraction of sp³-hybridized carbons (Fsp3) is 0.350. The number of nitrogens with zero attached hydrogens (tertiary/aromatic N) is 4. The molecular formula is C20H22ClN5O2. The molecule has 1 saturated heterocycles. The molecule has 1 aliphatic rings. The smallest absolute Gasteiger partial charge is 0.231 e. The lowest BCUT2D eigenvalue weighted by atomic mass is 9.97. The van der Waals surface area contributed by atoms with Crippen LogP contribution in [0.25, 0.3) is 5.65 Å². The fourth-order valence-corrected chi connectivity index (χ4v) is 3.72. The van der Waals surface area contributed by atoms with Gasteiger partial charge in [-0.1, -0.05) is 23.7 Å². The second-order valence-electron chi connectivity index (χ2n) is 6.93. The van der Waals surface area contributed by atoms with Crippen molar-refractivity contribution in [1.29, 1.82) is 0 Å². The zero-order valence-electron chi connectivity index (χ0n) is 15.6. The van der Waals surface area contributed by atoms with Crippen LogP contribution >= 0.6 is 11.6 Å². The Morgan fingerprint density at radius 2 is 2.21 bits per heavy atom. The van der Waals surface area contributed by atoms with E-state index >= 15 is 0 Å². The van der Waals surface area contributed by atoms with Crippen LogP contribution in [0, 0.1) is 5.92 Å². The average Bonchev–Trinajstić information content (AvgIpc) is 3.15. The number of pyridine rings is 1. The van der Waals surface area contributed by atoms with Crippen molar-refractivity contribution < 1.29 is 9.53 Å². The molecular weight excluding hydrogens is 378 g/mol. The van der Waals surface area contributed by atoms with E-state index in [0.29, 0.717) is 18.1 Å². The van der Waals surface area contributed by atoms with Gasteiger partial charge in [0.15, 0.2) is 5.65 Å². The van der Waals surface area contributed by atoms with Gasteiger partial charge in [-0.25, -0.2) is 0 Å². The molecule has 4 rings (SSSR count). The number of piperidine rings is 1. The predicted molar refractivity (Wildman–Crippen MR) is 108 cm³/mol. The first-order chi connectivity index (χ1) is 13.6. The standard InChI is InChI=1S/C20H22ClN5O2/c1-28-17-6-2-4-14(10-17)11-22-19(27)15-5-3-9-25(12-15)20-24-23-18-8-7-16(21)13-26(18)20/h2,4,6-8,10,13,15H,3,5,9,11-12H2,1H3,(H,22,27)/t15-/m0/s1. The monoisotopic (exact) mass is 399 g/mol. The summed E-state index contributed by atoms with van der Waals surface area (Å²) in [4.78, 5) is 14.8. The number of methoxy groups -OCH3 is 1. The molecule has 0 radical (unpaired) electrons. The number of amides is 1. The molecule has 1 fully saturated rings. The summed E-state index contributed by atoms with van der Waals surface area (Å²) in [6.45, 7) is 1.93. The van der Waals surface area contributed by atoms with E-state index in [1.54, 1.807) is 19.4 Å². The van der Waals surface area contributed by atoms with Crippen LogP contribution in [0.4, 0.5) is 5.95 Å². The summed E-state index contributed by atoms with van der Waals surface area (Å²) < 4.78 is 7.11. The zero-order chi connectivity index (χ0) is 19.5. The van der Waals surface area contributed by atoms with Crippen molar-refractivity contribution in [1.82, 2.24) is 19.9 Å². The Morgan fingerprint density at radius 3 is 3.07 bits per heavy atom. The summed E-state index contributed by atoms with van der Waals surface area (Å²) in [7, 11) is 1.63. The van der Waals surface area contributed by atoms with Gasteiger partial charge >= 0.3 is 0 Å². The molecule has 0 unspecified atom stereocenters. The Hall–Kier alpha value is -2.80. The van der Waals surface area contributed by atoms with Crippen LogP contribution in [0.15, 0.2) is 42.6 Å². The summed E-state index contributed by atoms with van der Waals surface area (Å²) in [5.74, 6) is 1.47. The van der Waals surface area contributed by atoms with Gasteiger partial charge in [0.2, 0.25) is 11.9 Å². The Bertz CT molecular complexity index is 990. The number of fused-ring (bicyclic) bond motifs is 1. The van der Waals surface area contributed by atoms with Crippen LogP contribution in [0.2, 0.25) is 5.02 Å². The first kappa shape index (κ1) is 18.6. The first-order valence-electron chi connectivity index (χ1n) is 9.30. The van der Waals surface area contributed by atoms with E-state index in [9.17, 15) is 4.79 Å². The van der Waals surface area contributed by atoms with Gasteiger partial charge in [0.05, 0.1) is 18.1 Å². The molecule has 1 aromatic carbocycles. The summed E-state index contributed by atoms with van der Waals surface area (Å²) in [6.07, 6.45) is 3.59. The maximum Gasteiger partial charge on any atom is 0.231 e. The quantitative estimate of drug-likeness (QED) is 0.714. The van der Waals surface area contributed by atoms with Gasteiger partial charge in [-0.15, -0.1) is 10.2 Å². The van der Waals surface area contributed by atoms with Gasteiger partial charge < -0.3 is 15.0 Å². The number of carbonyl (C=O) groups is 1. The number of benzene rings is 1. The molecule has 2 aromatic heterocycles. The maximum atomic E-state index is 12.7. The van der Waals surface area contributed by atoms with Crippen molar-refractivity contribution in [2.45, 2.75) is 19.4 Å². The number of carbonyl (C=O) groups excluding carboxylic acids is 1. The van der Waals surface area contributed by atoms with Crippen molar-refractivity contribution in [3.8, 4) is 5.75 Å². The van der Waals surface area contributed by atoms with Crippen LogP contribution in [-0.4, -0.2) is 40.7 Å². The molecule has 1 amide bonds. The zero-order valence-corrected chi connectivity index (χ0v) is 16.4. The number of halogens is 1. The maximum absolute atomic E-state index is 12.7. The van der Waals surface area contributed by atoms with Gasteiger partial charge in [0.1, 0.15) is 5.75 Å². The van der Waals surface area contributed by atoms with Crippen molar-refractivity contribution in [3.63, 3.8) is 0 Å². The number of rotatable bonds is 5. The minimum atomic E-state index is -0.0918. The molecule has 0 aliphatic carbocycles. The summed E-state index contributed by atoms with van der Waals surface area (Å²) in [5, 5.41) is 12.2. The summed E-state index contributed by atoms with van der Waals surface area (Å²) >= 11 is 6.12. The molecule has 0 bridgehead atoms. The molecule has 1 atom stereocenters. The highest BCUT2D eigenvalue weighted by molar-refractivity contribution is 6.30. The van der Waals surface area contributed by atoms with E-state index in [0.717, 1.165) is 42.3 Å². The number of hydrogen-bond donors (Lipinski definition) is 1. The third kappa shape index (κ3) is 3.89. The number of nitrogens with one attached hydrogen (secondary N) is 1. The molecule has 0 saturated carbocycles. The Morgan fingerprint density at radius 1 is 1.32 bits per heavy atom. The third-order valence-electron chi connectivity index (χ3n) is 5.02. The molecule has 7 nitrogen and oxygen atoms in total. The molecule has 146 valence electrons. The van der Waals surface area contributed by atoms with Gasteiger partial charge in [-0.3, -0.25) is 9.20 Å². The molecule has 1 N–H and O–H groups in total. The number of hydrogen-bond acceptors (Lipinski definition) is 5. The first-order valence-corrected chi connectivity index (χ1v) is 9.68. The van der Waals surface area contributed by atoms with Crippen LogP contribution in [0.5, 0.6) is 5.75 Å². The topological polar surface area (TPSA) is 71.8 Å². The van der Waals surface area contributed by atoms with E-state index in [2.05, 4.69) is 20.4 Å². The van der Waals surface area contributed by atoms with Gasteiger partial charge in [0, 0.05) is 25.8 Å². The number of anilines is 1. The van der Waals surface area contributed by atoms with Crippen LogP contribution in [0.3, 0.4) is 0 Å². The molecule has 3 heterocycles. The van der Waals surface area contributed by atoms with Gasteiger partial charge in [-0.05, 0) is 42.7 Å². The van der Waals surface area contributed by atoms with E-state index in [1.807, 2.05) is 34.7 Å². The van der Waals surface area contributed by atoms with E-state index < -0.39 is 0 Å². The largest absolute Gasteiger partial charge is 0.497 e.